The molecule has 1 aromatic carbocycles. The number of hydrogen-bond donors (Lipinski definition) is 1. The van der Waals surface area contributed by atoms with Crippen LogP contribution in [-0.4, -0.2) is 33.9 Å². The molecule has 0 atom stereocenters. The maximum atomic E-state index is 12.7. The molecule has 0 radical (unpaired) electrons. The maximum Gasteiger partial charge on any atom is 0.335 e. The minimum atomic E-state index is -0.954. The molecule has 0 aliphatic rings. The quantitative estimate of drug-likeness (QED) is 0.867. The zero-order valence-corrected chi connectivity index (χ0v) is 15.2. The van der Waals surface area contributed by atoms with Crippen molar-refractivity contribution in [2.45, 2.75) is 33.7 Å². The maximum absolute atomic E-state index is 12.7. The van der Waals surface area contributed by atoms with E-state index in [0.29, 0.717) is 17.3 Å². The van der Waals surface area contributed by atoms with E-state index in [1.807, 2.05) is 6.92 Å². The third-order valence-corrected chi connectivity index (χ3v) is 4.57. The summed E-state index contributed by atoms with van der Waals surface area (Å²) in [6, 6.07) is 6.58. The van der Waals surface area contributed by atoms with Gasteiger partial charge in [0.05, 0.1) is 16.3 Å². The lowest BCUT2D eigenvalue weighted by molar-refractivity contribution is 0.0695. The van der Waals surface area contributed by atoms with E-state index in [0.717, 1.165) is 22.7 Å². The molecule has 1 heterocycles. The van der Waals surface area contributed by atoms with Gasteiger partial charge in [-0.2, -0.15) is 0 Å². The second-order valence-electron chi connectivity index (χ2n) is 6.27. The second kappa shape index (κ2) is 7.57. The molecule has 0 spiro atoms. The fourth-order valence-corrected chi connectivity index (χ4v) is 3.38. The third-order valence-electron chi connectivity index (χ3n) is 3.57. The summed E-state index contributed by atoms with van der Waals surface area (Å²) >= 11 is 1.43. The lowest BCUT2D eigenvalue weighted by Crippen LogP contribution is -2.26. The van der Waals surface area contributed by atoms with Crippen molar-refractivity contribution in [1.29, 1.82) is 0 Å². The molecule has 2 aromatic rings. The van der Waals surface area contributed by atoms with Crippen molar-refractivity contribution in [3.05, 3.63) is 51.0 Å². The molecule has 0 saturated carbocycles. The highest BCUT2D eigenvalue weighted by Gasteiger charge is 2.21. The Hall–Kier alpha value is -2.21. The number of aromatic nitrogens is 1. The van der Waals surface area contributed by atoms with Crippen LogP contribution < -0.4 is 0 Å². The Bertz CT molecular complexity index is 735. The number of hydrogen-bond acceptors (Lipinski definition) is 4. The van der Waals surface area contributed by atoms with E-state index in [-0.39, 0.29) is 11.5 Å². The van der Waals surface area contributed by atoms with E-state index in [4.69, 9.17) is 5.11 Å². The van der Waals surface area contributed by atoms with E-state index in [9.17, 15) is 9.59 Å². The molecule has 0 fully saturated rings. The van der Waals surface area contributed by atoms with Crippen LogP contribution in [0.25, 0.3) is 0 Å². The molecule has 0 saturated heterocycles. The predicted octanol–water partition coefficient (Wildman–Crippen LogP) is 3.62. The number of aryl methyl sites for hydroxylation is 1. The van der Waals surface area contributed by atoms with Gasteiger partial charge in [-0.15, -0.1) is 11.3 Å². The molecule has 0 aliphatic heterocycles. The Kier molecular flexibility index (Phi) is 5.72. The highest BCUT2D eigenvalue weighted by molar-refractivity contribution is 7.13. The van der Waals surface area contributed by atoms with Crippen molar-refractivity contribution < 1.29 is 14.7 Å². The average molecular weight is 346 g/mol. The number of carboxylic acid groups (broad SMARTS) is 1. The smallest absolute Gasteiger partial charge is 0.335 e. The summed E-state index contributed by atoms with van der Waals surface area (Å²) in [6.45, 7) is 6.56. The molecular weight excluding hydrogens is 324 g/mol. The van der Waals surface area contributed by atoms with Gasteiger partial charge in [-0.1, -0.05) is 26.0 Å². The van der Waals surface area contributed by atoms with Crippen LogP contribution >= 0.6 is 11.3 Å². The van der Waals surface area contributed by atoms with Gasteiger partial charge in [0.1, 0.15) is 4.88 Å². The molecule has 5 nitrogen and oxygen atoms in total. The van der Waals surface area contributed by atoms with Crippen LogP contribution in [0.3, 0.4) is 0 Å². The number of carboxylic acids is 1. The van der Waals surface area contributed by atoms with Gasteiger partial charge in [0.25, 0.3) is 5.91 Å². The number of rotatable bonds is 6. The normalized spacial score (nSPS) is 10.9. The predicted molar refractivity (Wildman–Crippen MR) is 94.6 cm³/mol. The van der Waals surface area contributed by atoms with Gasteiger partial charge < -0.3 is 10.0 Å². The summed E-state index contributed by atoms with van der Waals surface area (Å²) in [5.74, 6) is -0.560. The average Bonchev–Trinajstić information content (AvgIpc) is 2.86. The van der Waals surface area contributed by atoms with E-state index in [1.54, 1.807) is 36.2 Å². The van der Waals surface area contributed by atoms with Crippen LogP contribution in [0.5, 0.6) is 0 Å². The van der Waals surface area contributed by atoms with Crippen LogP contribution in [0.4, 0.5) is 0 Å². The summed E-state index contributed by atoms with van der Waals surface area (Å²) in [4.78, 5) is 30.5. The first kappa shape index (κ1) is 18.1. The molecule has 0 bridgehead atoms. The largest absolute Gasteiger partial charge is 0.478 e. The van der Waals surface area contributed by atoms with E-state index < -0.39 is 5.97 Å². The Morgan fingerprint density at radius 2 is 1.88 bits per heavy atom. The number of amides is 1. The summed E-state index contributed by atoms with van der Waals surface area (Å²) in [5.41, 5.74) is 2.00. The molecule has 24 heavy (non-hydrogen) atoms. The number of benzene rings is 1. The van der Waals surface area contributed by atoms with Crippen LogP contribution in [-0.2, 0) is 13.0 Å². The number of carbonyl (C=O) groups excluding carboxylic acids is 1. The van der Waals surface area contributed by atoms with Crippen molar-refractivity contribution in [2.75, 3.05) is 7.05 Å². The lowest BCUT2D eigenvalue weighted by Gasteiger charge is -2.17. The van der Waals surface area contributed by atoms with Crippen LogP contribution in [0.2, 0.25) is 0 Å². The third kappa shape index (κ3) is 4.41. The first-order chi connectivity index (χ1) is 11.3. The SMILES string of the molecule is Cc1nc(CC(C)C)c(C(=O)N(C)Cc2ccc(C(=O)O)cc2)s1. The highest BCUT2D eigenvalue weighted by Crippen LogP contribution is 2.23. The minimum absolute atomic E-state index is 0.0430. The molecule has 6 heteroatoms. The minimum Gasteiger partial charge on any atom is -0.478 e. The Balaban J connectivity index is 2.13. The molecule has 1 aromatic heterocycles. The monoisotopic (exact) mass is 346 g/mol. The van der Waals surface area contributed by atoms with Gasteiger partial charge in [-0.05, 0) is 37.0 Å². The number of carbonyl (C=O) groups is 2. The summed E-state index contributed by atoms with van der Waals surface area (Å²) in [7, 11) is 1.75. The molecule has 128 valence electrons. The Morgan fingerprint density at radius 1 is 1.25 bits per heavy atom. The topological polar surface area (TPSA) is 70.5 Å². The van der Waals surface area contributed by atoms with Crippen molar-refractivity contribution in [3.8, 4) is 0 Å². The van der Waals surface area contributed by atoms with Gasteiger partial charge >= 0.3 is 5.97 Å². The van der Waals surface area contributed by atoms with Crippen LogP contribution in [0, 0.1) is 12.8 Å². The molecule has 0 unspecified atom stereocenters. The zero-order chi connectivity index (χ0) is 17.9. The number of thiazole rings is 1. The molecule has 2 rings (SSSR count). The van der Waals surface area contributed by atoms with Gasteiger partial charge in [-0.3, -0.25) is 4.79 Å². The van der Waals surface area contributed by atoms with E-state index >= 15 is 0 Å². The molecular formula is C18H22N2O3S. The Morgan fingerprint density at radius 3 is 2.42 bits per heavy atom. The van der Waals surface area contributed by atoms with Crippen LogP contribution in [0.15, 0.2) is 24.3 Å². The van der Waals surface area contributed by atoms with Crippen molar-refractivity contribution >= 4 is 23.2 Å². The fraction of sp³-hybridized carbons (Fsp3) is 0.389. The highest BCUT2D eigenvalue weighted by atomic mass is 32.1. The number of aromatic carboxylic acids is 1. The standard InChI is InChI=1S/C18H22N2O3S/c1-11(2)9-15-16(24-12(3)19-15)17(21)20(4)10-13-5-7-14(8-6-13)18(22)23/h5-8,11H,9-10H2,1-4H3,(H,22,23). The first-order valence-electron chi connectivity index (χ1n) is 7.82. The van der Waals surface area contributed by atoms with Gasteiger partial charge in [-0.25, -0.2) is 9.78 Å². The van der Waals surface area contributed by atoms with Crippen molar-refractivity contribution in [1.82, 2.24) is 9.88 Å². The number of nitrogens with zero attached hydrogens (tertiary/aromatic N) is 2. The summed E-state index contributed by atoms with van der Waals surface area (Å²) < 4.78 is 0. The van der Waals surface area contributed by atoms with Crippen LogP contribution in [0.1, 0.15) is 50.1 Å². The second-order valence-corrected chi connectivity index (χ2v) is 7.47. The fourth-order valence-electron chi connectivity index (χ4n) is 2.43. The summed E-state index contributed by atoms with van der Waals surface area (Å²) in [5, 5.41) is 9.83. The first-order valence-corrected chi connectivity index (χ1v) is 8.63. The zero-order valence-electron chi connectivity index (χ0n) is 14.4. The lowest BCUT2D eigenvalue weighted by atomic mass is 10.1. The molecule has 0 aliphatic carbocycles. The van der Waals surface area contributed by atoms with Crippen molar-refractivity contribution in [3.63, 3.8) is 0 Å². The van der Waals surface area contributed by atoms with Gasteiger partial charge in [0.2, 0.25) is 0 Å². The molecule has 1 amide bonds. The summed E-state index contributed by atoms with van der Waals surface area (Å²) in [6.07, 6.45) is 0.784. The van der Waals surface area contributed by atoms with Gasteiger partial charge in [0.15, 0.2) is 0 Å². The molecule has 1 N–H and O–H groups in total. The Labute approximate surface area is 146 Å². The van der Waals surface area contributed by atoms with Crippen molar-refractivity contribution in [2.24, 2.45) is 5.92 Å². The van der Waals surface area contributed by atoms with E-state index in [1.165, 1.54) is 11.3 Å². The van der Waals surface area contributed by atoms with E-state index in [2.05, 4.69) is 18.8 Å². The van der Waals surface area contributed by atoms with Gasteiger partial charge in [0, 0.05) is 13.6 Å².